The third-order valence-electron chi connectivity index (χ3n) is 7.63. The van der Waals surface area contributed by atoms with Gasteiger partial charge in [-0.25, -0.2) is 0 Å². The predicted octanol–water partition coefficient (Wildman–Crippen LogP) is 16.2. The Balaban J connectivity index is -0.000000504. The van der Waals surface area contributed by atoms with E-state index in [2.05, 4.69) is 60.5 Å². The maximum Gasteiger partial charge on any atom is 0.122 e. The average Bonchev–Trinajstić information content (AvgIpc) is 3.11. The van der Waals surface area contributed by atoms with Crippen molar-refractivity contribution >= 4 is 18.9 Å². The maximum absolute atomic E-state index is 4.83. The standard InChI is InChI=1S/3C10H22.2C6H7OP/c3*1-3-5-7-9-10-8-6-4-2;2*8-7-6-4-2-1-3-5-6/h3*3-10H2,1-2H3;2*1-5H,8H2. The lowest BCUT2D eigenvalue weighted by molar-refractivity contribution is 0.585. The summed E-state index contributed by atoms with van der Waals surface area (Å²) in [5, 5.41) is 0. The Kier molecular flexibility index (Phi) is 51.8. The highest BCUT2D eigenvalue weighted by atomic mass is 31.0. The Morgan fingerprint density at radius 1 is 0.304 bits per heavy atom. The summed E-state index contributed by atoms with van der Waals surface area (Å²) in [6.07, 6.45) is 34.4. The van der Waals surface area contributed by atoms with Crippen molar-refractivity contribution in [2.45, 2.75) is 196 Å². The van der Waals surface area contributed by atoms with Crippen LogP contribution in [-0.4, -0.2) is 0 Å². The minimum absolute atomic E-state index is 0.873. The molecule has 0 amide bonds. The average molecular weight is 679 g/mol. The fourth-order valence-electron chi connectivity index (χ4n) is 4.62. The molecule has 0 aliphatic heterocycles. The van der Waals surface area contributed by atoms with Crippen LogP contribution in [0.25, 0.3) is 0 Å². The van der Waals surface area contributed by atoms with Gasteiger partial charge >= 0.3 is 0 Å². The van der Waals surface area contributed by atoms with E-state index in [1.165, 1.54) is 154 Å². The Hall–Kier alpha value is -1.10. The molecule has 0 aliphatic rings. The smallest absolute Gasteiger partial charge is 0.122 e. The molecule has 0 heterocycles. The number of hydrogen-bond donors (Lipinski definition) is 0. The highest BCUT2D eigenvalue weighted by molar-refractivity contribution is 7.10. The van der Waals surface area contributed by atoms with Gasteiger partial charge in [-0.1, -0.05) is 232 Å². The first-order valence-corrected chi connectivity index (χ1v) is 20.4. The highest BCUT2D eigenvalue weighted by Crippen LogP contribution is 2.11. The largest absolute Gasteiger partial charge is 0.480 e. The van der Waals surface area contributed by atoms with Gasteiger partial charge in [-0.2, -0.15) is 0 Å². The van der Waals surface area contributed by atoms with Crippen LogP contribution in [0.1, 0.15) is 196 Å². The van der Waals surface area contributed by atoms with Gasteiger partial charge in [0, 0.05) is 0 Å². The lowest BCUT2D eigenvalue weighted by Gasteiger charge is -1.97. The van der Waals surface area contributed by atoms with Crippen molar-refractivity contribution < 1.29 is 9.05 Å². The van der Waals surface area contributed by atoms with Crippen LogP contribution >= 0.6 is 18.9 Å². The summed E-state index contributed by atoms with van der Waals surface area (Å²) in [6, 6.07) is 19.2. The summed E-state index contributed by atoms with van der Waals surface area (Å²) < 4.78 is 9.66. The van der Waals surface area contributed by atoms with Crippen LogP contribution in [0.2, 0.25) is 0 Å². The molecule has 0 radical (unpaired) electrons. The van der Waals surface area contributed by atoms with Gasteiger partial charge in [-0.3, -0.25) is 0 Å². The summed E-state index contributed by atoms with van der Waals surface area (Å²) in [5.74, 6) is 1.75. The van der Waals surface area contributed by atoms with Crippen LogP contribution in [0, 0.1) is 0 Å². The zero-order valence-corrected chi connectivity index (χ0v) is 34.0. The van der Waals surface area contributed by atoms with Crippen LogP contribution in [0.4, 0.5) is 0 Å². The minimum Gasteiger partial charge on any atom is -0.480 e. The second kappa shape index (κ2) is 48.3. The molecule has 2 aromatic rings. The molecule has 46 heavy (non-hydrogen) atoms. The van der Waals surface area contributed by atoms with Crippen LogP contribution in [0.5, 0.6) is 11.5 Å². The molecule has 4 heteroatoms. The van der Waals surface area contributed by atoms with Crippen LogP contribution in [0.3, 0.4) is 0 Å². The van der Waals surface area contributed by atoms with Gasteiger partial charge in [-0.05, 0) is 24.3 Å². The number of rotatable bonds is 23. The number of unbranched alkanes of at least 4 members (excludes halogenated alkanes) is 21. The van der Waals surface area contributed by atoms with E-state index in [9.17, 15) is 0 Å². The van der Waals surface area contributed by atoms with E-state index in [-0.39, 0.29) is 0 Å². The first-order chi connectivity index (χ1) is 22.6. The Bertz CT molecular complexity index is 625. The van der Waals surface area contributed by atoms with Gasteiger partial charge < -0.3 is 9.05 Å². The van der Waals surface area contributed by atoms with E-state index in [4.69, 9.17) is 9.05 Å². The SMILES string of the molecule is CCCCCCCCCC.CCCCCCCCCC.CCCCCCCCCC.POc1ccccc1.POc1ccccc1. The molecule has 0 saturated heterocycles. The van der Waals surface area contributed by atoms with Gasteiger partial charge in [0.2, 0.25) is 0 Å². The first kappa shape index (κ1) is 49.3. The van der Waals surface area contributed by atoms with Crippen molar-refractivity contribution in [3.8, 4) is 11.5 Å². The second-order valence-corrected chi connectivity index (χ2v) is 12.7. The maximum atomic E-state index is 4.83. The van der Waals surface area contributed by atoms with Gasteiger partial charge in [0.1, 0.15) is 11.5 Å². The van der Waals surface area contributed by atoms with E-state index in [1.807, 2.05) is 60.7 Å². The highest BCUT2D eigenvalue weighted by Gasteiger charge is 1.89. The molecule has 2 atom stereocenters. The van der Waals surface area contributed by atoms with Crippen LogP contribution < -0.4 is 9.05 Å². The third-order valence-corrected chi connectivity index (χ3v) is 8.17. The molecule has 0 aromatic heterocycles. The normalized spacial score (nSPS) is 9.65. The van der Waals surface area contributed by atoms with Crippen molar-refractivity contribution in [3.05, 3.63) is 60.7 Å². The van der Waals surface area contributed by atoms with E-state index >= 15 is 0 Å². The Morgan fingerprint density at radius 3 is 0.609 bits per heavy atom. The number of hydrogen-bond acceptors (Lipinski definition) is 2. The molecule has 0 fully saturated rings. The van der Waals surface area contributed by atoms with Crippen molar-refractivity contribution in [1.29, 1.82) is 0 Å². The third kappa shape index (κ3) is 47.3. The molecule has 0 aliphatic carbocycles. The summed E-state index contributed by atoms with van der Waals surface area (Å²) in [5.41, 5.74) is 0. The molecular weight excluding hydrogens is 598 g/mol. The summed E-state index contributed by atoms with van der Waals surface area (Å²) in [6.45, 7) is 13.6. The van der Waals surface area contributed by atoms with Crippen molar-refractivity contribution in [2.24, 2.45) is 0 Å². The summed E-state index contributed by atoms with van der Waals surface area (Å²) >= 11 is 0. The topological polar surface area (TPSA) is 18.5 Å². The zero-order chi connectivity index (χ0) is 34.6. The van der Waals surface area contributed by atoms with Gasteiger partial charge in [0.15, 0.2) is 0 Å². The van der Waals surface area contributed by atoms with E-state index in [1.54, 1.807) is 0 Å². The van der Waals surface area contributed by atoms with Crippen molar-refractivity contribution in [1.82, 2.24) is 0 Å². The second-order valence-electron chi connectivity index (χ2n) is 12.2. The summed E-state index contributed by atoms with van der Waals surface area (Å²) in [4.78, 5) is 0. The molecule has 2 rings (SSSR count). The quantitative estimate of drug-likeness (QED) is 0.0860. The molecule has 2 unspecified atom stereocenters. The summed E-state index contributed by atoms with van der Waals surface area (Å²) in [7, 11) is 4.39. The Labute approximate surface area is 295 Å². The van der Waals surface area contributed by atoms with Crippen molar-refractivity contribution in [2.75, 3.05) is 0 Å². The van der Waals surface area contributed by atoms with E-state index in [0.29, 0.717) is 0 Å². The molecule has 0 bridgehead atoms. The van der Waals surface area contributed by atoms with Gasteiger partial charge in [0.05, 0.1) is 18.9 Å². The molecule has 0 saturated carbocycles. The molecule has 270 valence electrons. The molecule has 0 N–H and O–H groups in total. The molecular formula is C42H80O2P2. The van der Waals surface area contributed by atoms with E-state index < -0.39 is 0 Å². The number of para-hydroxylation sites is 2. The van der Waals surface area contributed by atoms with Gasteiger partial charge in [-0.15, -0.1) is 0 Å². The fraction of sp³-hybridized carbons (Fsp3) is 0.714. The fourth-order valence-corrected chi connectivity index (χ4v) is 4.93. The minimum atomic E-state index is 0.873. The van der Waals surface area contributed by atoms with E-state index in [0.717, 1.165) is 11.5 Å². The zero-order valence-electron chi connectivity index (χ0n) is 31.7. The van der Waals surface area contributed by atoms with Crippen molar-refractivity contribution in [3.63, 3.8) is 0 Å². The lowest BCUT2D eigenvalue weighted by atomic mass is 10.1. The Morgan fingerprint density at radius 2 is 0.478 bits per heavy atom. The molecule has 2 aromatic carbocycles. The van der Waals surface area contributed by atoms with Gasteiger partial charge in [0.25, 0.3) is 0 Å². The molecule has 0 spiro atoms. The monoisotopic (exact) mass is 679 g/mol. The first-order valence-electron chi connectivity index (χ1n) is 19.4. The number of benzene rings is 2. The van der Waals surface area contributed by atoms with Crippen LogP contribution in [-0.2, 0) is 0 Å². The van der Waals surface area contributed by atoms with Crippen LogP contribution in [0.15, 0.2) is 60.7 Å². The lowest BCUT2D eigenvalue weighted by Crippen LogP contribution is -1.77. The predicted molar refractivity (Wildman–Crippen MR) is 218 cm³/mol. The molecule has 2 nitrogen and oxygen atoms in total.